The minimum Gasteiger partial charge on any atom is -0.379 e. The van der Waals surface area contributed by atoms with E-state index in [9.17, 15) is 4.39 Å². The first-order chi connectivity index (χ1) is 11.4. The molecule has 1 heterocycles. The van der Waals surface area contributed by atoms with Crippen molar-refractivity contribution >= 4 is 5.96 Å². The third-order valence-corrected chi connectivity index (χ3v) is 3.90. The van der Waals surface area contributed by atoms with Gasteiger partial charge in [0.2, 0.25) is 0 Å². The first kappa shape index (κ1) is 18.7. The minimum absolute atomic E-state index is 0.0723. The van der Waals surface area contributed by atoms with Crippen molar-refractivity contribution in [1.82, 2.24) is 15.5 Å². The van der Waals surface area contributed by atoms with Crippen LogP contribution in [-0.4, -0.2) is 56.3 Å². The van der Waals surface area contributed by atoms with E-state index < -0.39 is 0 Å². The maximum atomic E-state index is 13.7. The predicted molar refractivity (Wildman–Crippen MR) is 95.8 cm³/mol. The maximum Gasteiger partial charge on any atom is 0.191 e. The van der Waals surface area contributed by atoms with E-state index in [4.69, 9.17) is 4.74 Å². The van der Waals surface area contributed by atoms with Gasteiger partial charge < -0.3 is 15.4 Å². The fourth-order valence-electron chi connectivity index (χ4n) is 2.79. The third kappa shape index (κ3) is 5.76. The van der Waals surface area contributed by atoms with Gasteiger partial charge >= 0.3 is 0 Å². The fourth-order valence-corrected chi connectivity index (χ4v) is 2.79. The van der Waals surface area contributed by atoms with Gasteiger partial charge in [-0.1, -0.05) is 12.1 Å². The van der Waals surface area contributed by atoms with Gasteiger partial charge in [-0.3, -0.25) is 9.89 Å². The summed E-state index contributed by atoms with van der Waals surface area (Å²) < 4.78 is 19.1. The lowest BCUT2D eigenvalue weighted by Gasteiger charge is -2.35. The van der Waals surface area contributed by atoms with Crippen LogP contribution in [0.3, 0.4) is 0 Å². The normalized spacial score (nSPS) is 18.3. The van der Waals surface area contributed by atoms with Gasteiger partial charge in [0.05, 0.1) is 19.3 Å². The zero-order valence-electron chi connectivity index (χ0n) is 15.1. The van der Waals surface area contributed by atoms with Gasteiger partial charge in [0.25, 0.3) is 0 Å². The van der Waals surface area contributed by atoms with Crippen LogP contribution in [0, 0.1) is 5.82 Å². The second-order valence-electron chi connectivity index (χ2n) is 7.05. The summed E-state index contributed by atoms with van der Waals surface area (Å²) >= 11 is 0. The Hall–Kier alpha value is -1.66. The molecule has 1 aliphatic rings. The van der Waals surface area contributed by atoms with Gasteiger partial charge in [-0.05, 0) is 38.5 Å². The zero-order valence-corrected chi connectivity index (χ0v) is 15.1. The Bertz CT molecular complexity index is 550. The lowest BCUT2D eigenvalue weighted by molar-refractivity contribution is 0.0169. The molecule has 6 heteroatoms. The largest absolute Gasteiger partial charge is 0.379 e. The summed E-state index contributed by atoms with van der Waals surface area (Å²) in [5.41, 5.74) is 0.894. The third-order valence-electron chi connectivity index (χ3n) is 3.90. The van der Waals surface area contributed by atoms with E-state index in [1.54, 1.807) is 19.2 Å². The van der Waals surface area contributed by atoms with Crippen LogP contribution in [0.15, 0.2) is 29.3 Å². The monoisotopic (exact) mass is 336 g/mol. The molecule has 0 saturated carbocycles. The van der Waals surface area contributed by atoms with Crippen molar-refractivity contribution in [3.8, 4) is 0 Å². The highest BCUT2D eigenvalue weighted by Gasteiger charge is 2.23. The van der Waals surface area contributed by atoms with Crippen molar-refractivity contribution in [3.05, 3.63) is 35.6 Å². The highest BCUT2D eigenvalue weighted by atomic mass is 19.1. The van der Waals surface area contributed by atoms with Crippen molar-refractivity contribution in [2.24, 2.45) is 4.99 Å². The van der Waals surface area contributed by atoms with Crippen molar-refractivity contribution in [2.75, 3.05) is 39.9 Å². The molecule has 24 heavy (non-hydrogen) atoms. The summed E-state index contributed by atoms with van der Waals surface area (Å²) in [6.07, 6.45) is 0. The molecule has 1 aromatic rings. The SMILES string of the molecule is CN=C(NCC(c1cccc(F)c1)N1CCOCC1)NC(C)(C)C. The molecule has 0 spiro atoms. The summed E-state index contributed by atoms with van der Waals surface area (Å²) in [6, 6.07) is 6.91. The lowest BCUT2D eigenvalue weighted by Crippen LogP contribution is -2.50. The Kier molecular flexibility index (Phi) is 6.57. The Labute approximate surface area is 144 Å². The Morgan fingerprint density at radius 3 is 2.62 bits per heavy atom. The van der Waals surface area contributed by atoms with Crippen molar-refractivity contribution in [3.63, 3.8) is 0 Å². The predicted octanol–water partition coefficient (Wildman–Crippen LogP) is 2.16. The molecule has 1 aliphatic heterocycles. The van der Waals surface area contributed by atoms with Gasteiger partial charge in [-0.2, -0.15) is 0 Å². The van der Waals surface area contributed by atoms with E-state index in [1.165, 1.54) is 6.07 Å². The highest BCUT2D eigenvalue weighted by molar-refractivity contribution is 5.80. The molecule has 1 fully saturated rings. The molecule has 1 aromatic carbocycles. The topological polar surface area (TPSA) is 48.9 Å². The number of morpholine rings is 1. The van der Waals surface area contributed by atoms with Crippen molar-refractivity contribution < 1.29 is 9.13 Å². The maximum absolute atomic E-state index is 13.7. The number of ether oxygens (including phenoxy) is 1. The number of rotatable bonds is 4. The molecule has 2 N–H and O–H groups in total. The van der Waals surface area contributed by atoms with E-state index in [1.807, 2.05) is 6.07 Å². The molecule has 0 radical (unpaired) electrons. The molecule has 0 bridgehead atoms. The summed E-state index contributed by atoms with van der Waals surface area (Å²) in [4.78, 5) is 6.61. The standard InChI is InChI=1S/C18H29FN4O/c1-18(2,3)22-17(20-4)21-13-16(23-8-10-24-11-9-23)14-6-5-7-15(19)12-14/h5-7,12,16H,8-11,13H2,1-4H3,(H2,20,21,22). The summed E-state index contributed by atoms with van der Waals surface area (Å²) in [7, 11) is 1.76. The Balaban J connectivity index is 2.11. The van der Waals surface area contributed by atoms with Crippen LogP contribution in [0.25, 0.3) is 0 Å². The average Bonchev–Trinajstić information content (AvgIpc) is 2.54. The molecule has 1 atom stereocenters. The number of guanidine groups is 1. The molecule has 1 saturated heterocycles. The fraction of sp³-hybridized carbons (Fsp3) is 0.611. The number of nitrogens with zero attached hydrogens (tertiary/aromatic N) is 2. The first-order valence-corrected chi connectivity index (χ1v) is 8.45. The number of hydrogen-bond acceptors (Lipinski definition) is 3. The molecular formula is C18H29FN4O. The molecule has 0 amide bonds. The molecule has 5 nitrogen and oxygen atoms in total. The molecule has 0 aromatic heterocycles. The molecule has 1 unspecified atom stereocenters. The van der Waals surface area contributed by atoms with Gasteiger partial charge in [0.1, 0.15) is 5.82 Å². The number of nitrogens with one attached hydrogen (secondary N) is 2. The Morgan fingerprint density at radius 1 is 1.33 bits per heavy atom. The second-order valence-corrected chi connectivity index (χ2v) is 7.05. The van der Waals surface area contributed by atoms with E-state index >= 15 is 0 Å². The van der Waals surface area contributed by atoms with Crippen molar-refractivity contribution in [1.29, 1.82) is 0 Å². The van der Waals surface area contributed by atoms with Crippen LogP contribution in [0.4, 0.5) is 4.39 Å². The Morgan fingerprint density at radius 2 is 2.04 bits per heavy atom. The van der Waals surface area contributed by atoms with Crippen LogP contribution in [0.5, 0.6) is 0 Å². The quantitative estimate of drug-likeness (QED) is 0.653. The zero-order chi connectivity index (χ0) is 17.6. The van der Waals surface area contributed by atoms with Gasteiger partial charge in [0.15, 0.2) is 5.96 Å². The van der Waals surface area contributed by atoms with E-state index in [0.29, 0.717) is 19.8 Å². The van der Waals surface area contributed by atoms with Crippen LogP contribution in [0.2, 0.25) is 0 Å². The van der Waals surface area contributed by atoms with E-state index in [-0.39, 0.29) is 17.4 Å². The number of hydrogen-bond donors (Lipinski definition) is 2. The summed E-state index contributed by atoms with van der Waals surface area (Å²) in [5.74, 6) is 0.542. The summed E-state index contributed by atoms with van der Waals surface area (Å²) in [6.45, 7) is 10.0. The molecule has 0 aliphatic carbocycles. The van der Waals surface area contributed by atoms with E-state index in [2.05, 4.69) is 41.3 Å². The average molecular weight is 336 g/mol. The van der Waals surface area contributed by atoms with Crippen molar-refractivity contribution in [2.45, 2.75) is 32.4 Å². The lowest BCUT2D eigenvalue weighted by atomic mass is 10.0. The first-order valence-electron chi connectivity index (χ1n) is 8.45. The highest BCUT2D eigenvalue weighted by Crippen LogP contribution is 2.22. The van der Waals surface area contributed by atoms with Crippen LogP contribution >= 0.6 is 0 Å². The number of aliphatic imine (C=N–C) groups is 1. The van der Waals surface area contributed by atoms with Gasteiger partial charge in [-0.15, -0.1) is 0 Å². The van der Waals surface area contributed by atoms with Crippen LogP contribution in [-0.2, 0) is 4.74 Å². The smallest absolute Gasteiger partial charge is 0.191 e. The summed E-state index contributed by atoms with van der Waals surface area (Å²) in [5, 5.41) is 6.72. The minimum atomic E-state index is -0.206. The number of halogens is 1. The number of benzene rings is 1. The second kappa shape index (κ2) is 8.44. The van der Waals surface area contributed by atoms with Crippen LogP contribution in [0.1, 0.15) is 32.4 Å². The molecular weight excluding hydrogens is 307 g/mol. The van der Waals surface area contributed by atoms with Crippen LogP contribution < -0.4 is 10.6 Å². The van der Waals surface area contributed by atoms with E-state index in [0.717, 1.165) is 24.6 Å². The molecule has 134 valence electrons. The van der Waals surface area contributed by atoms with Gasteiger partial charge in [0, 0.05) is 32.2 Å². The molecule has 2 rings (SSSR count). The van der Waals surface area contributed by atoms with Gasteiger partial charge in [-0.25, -0.2) is 4.39 Å².